The summed E-state index contributed by atoms with van der Waals surface area (Å²) < 4.78 is 5.49. The van der Waals surface area contributed by atoms with Gasteiger partial charge in [-0.3, -0.25) is 14.6 Å². The highest BCUT2D eigenvalue weighted by Gasteiger charge is 2.46. The third kappa shape index (κ3) is 4.30. The van der Waals surface area contributed by atoms with Gasteiger partial charge in [0.2, 0.25) is 0 Å². The SMILES string of the molecule is CCOc1cccc(/C(O)=C2\C(=O)C(=O)N(CCN(C)C)C2c2cccnc2)c1. The molecule has 3 rings (SSSR count). The predicted molar refractivity (Wildman–Crippen MR) is 109 cm³/mol. The van der Waals surface area contributed by atoms with E-state index in [1.165, 1.54) is 4.90 Å². The Kier molecular flexibility index (Phi) is 6.29. The molecule has 0 saturated carbocycles. The van der Waals surface area contributed by atoms with Gasteiger partial charge in [0.05, 0.1) is 18.2 Å². The van der Waals surface area contributed by atoms with Crippen LogP contribution in [0.15, 0.2) is 54.4 Å². The Morgan fingerprint density at radius 2 is 2.03 bits per heavy atom. The fourth-order valence-electron chi connectivity index (χ4n) is 3.36. The minimum absolute atomic E-state index is 0.0652. The van der Waals surface area contributed by atoms with Gasteiger partial charge in [-0.1, -0.05) is 18.2 Å². The van der Waals surface area contributed by atoms with E-state index in [9.17, 15) is 14.7 Å². The van der Waals surface area contributed by atoms with Crippen LogP contribution < -0.4 is 4.74 Å². The van der Waals surface area contributed by atoms with Gasteiger partial charge in [0, 0.05) is 31.0 Å². The molecule has 1 fully saturated rings. The number of carbonyl (C=O) groups is 2. The molecule has 0 spiro atoms. The smallest absolute Gasteiger partial charge is 0.295 e. The van der Waals surface area contributed by atoms with Gasteiger partial charge < -0.3 is 19.6 Å². The lowest BCUT2D eigenvalue weighted by molar-refractivity contribution is -0.140. The predicted octanol–water partition coefficient (Wildman–Crippen LogP) is 2.46. The Hall–Kier alpha value is -3.19. The number of ketones is 1. The number of aliphatic hydroxyl groups is 1. The van der Waals surface area contributed by atoms with Crippen molar-refractivity contribution in [3.05, 3.63) is 65.5 Å². The van der Waals surface area contributed by atoms with Crippen molar-refractivity contribution in [1.29, 1.82) is 0 Å². The van der Waals surface area contributed by atoms with Crippen LogP contribution in [0.5, 0.6) is 5.75 Å². The van der Waals surface area contributed by atoms with Gasteiger partial charge in [-0.25, -0.2) is 0 Å². The van der Waals surface area contributed by atoms with Crippen molar-refractivity contribution in [3.8, 4) is 5.75 Å². The van der Waals surface area contributed by atoms with Crippen LogP contribution in [0, 0.1) is 0 Å². The highest BCUT2D eigenvalue weighted by molar-refractivity contribution is 6.46. The molecular weight excluding hydrogens is 370 g/mol. The summed E-state index contributed by atoms with van der Waals surface area (Å²) in [6.45, 7) is 3.29. The summed E-state index contributed by atoms with van der Waals surface area (Å²) in [5.41, 5.74) is 1.17. The number of rotatable bonds is 7. The summed E-state index contributed by atoms with van der Waals surface area (Å²) >= 11 is 0. The molecule has 1 aliphatic heterocycles. The number of benzene rings is 1. The lowest BCUT2D eigenvalue weighted by Gasteiger charge is -2.26. The molecule has 1 aromatic heterocycles. The lowest BCUT2D eigenvalue weighted by Crippen LogP contribution is -2.35. The number of carbonyl (C=O) groups excluding carboxylic acids is 2. The van der Waals surface area contributed by atoms with E-state index in [1.54, 1.807) is 48.8 Å². The quantitative estimate of drug-likeness (QED) is 0.441. The van der Waals surface area contributed by atoms with Gasteiger partial charge in [0.1, 0.15) is 11.5 Å². The van der Waals surface area contributed by atoms with Gasteiger partial charge in [-0.05, 0) is 44.8 Å². The first-order valence-corrected chi connectivity index (χ1v) is 9.50. The number of likely N-dealkylation sites (N-methyl/N-ethyl adjacent to an activating group) is 1. The number of aliphatic hydroxyl groups excluding tert-OH is 1. The van der Waals surface area contributed by atoms with Crippen LogP contribution in [0.3, 0.4) is 0 Å². The number of hydrogen-bond acceptors (Lipinski definition) is 6. The number of ether oxygens (including phenoxy) is 1. The van der Waals surface area contributed by atoms with Crippen LogP contribution in [0.4, 0.5) is 0 Å². The highest BCUT2D eigenvalue weighted by atomic mass is 16.5. The number of Topliss-reactive ketones (excluding diaryl/α,β-unsaturated/α-hetero) is 1. The van der Waals surface area contributed by atoms with E-state index in [4.69, 9.17) is 4.74 Å². The summed E-state index contributed by atoms with van der Waals surface area (Å²) in [4.78, 5) is 33.2. The minimum atomic E-state index is -0.697. The normalized spacial score (nSPS) is 18.5. The standard InChI is InChI=1S/C22H25N3O4/c1-4-29-17-9-5-7-15(13-17)20(26)18-19(16-8-6-10-23-14-16)25(12-11-24(2)3)22(28)21(18)27/h5-10,13-14,19,26H,4,11-12H2,1-3H3/b20-18+. The number of amides is 1. The van der Waals surface area contributed by atoms with Gasteiger partial charge in [-0.2, -0.15) is 0 Å². The maximum absolute atomic E-state index is 12.9. The first-order valence-electron chi connectivity index (χ1n) is 9.50. The Morgan fingerprint density at radius 1 is 1.24 bits per heavy atom. The van der Waals surface area contributed by atoms with Crippen molar-refractivity contribution in [2.24, 2.45) is 0 Å². The second-order valence-electron chi connectivity index (χ2n) is 7.04. The van der Waals surface area contributed by atoms with Gasteiger partial charge >= 0.3 is 0 Å². The first kappa shape index (κ1) is 20.5. The van der Waals surface area contributed by atoms with E-state index in [-0.39, 0.29) is 11.3 Å². The Morgan fingerprint density at radius 3 is 2.69 bits per heavy atom. The van der Waals surface area contributed by atoms with E-state index in [0.717, 1.165) is 0 Å². The van der Waals surface area contributed by atoms with E-state index >= 15 is 0 Å². The van der Waals surface area contributed by atoms with Crippen LogP contribution in [-0.4, -0.2) is 65.4 Å². The van der Waals surface area contributed by atoms with Gasteiger partial charge in [-0.15, -0.1) is 0 Å². The topological polar surface area (TPSA) is 83.0 Å². The maximum atomic E-state index is 12.9. The summed E-state index contributed by atoms with van der Waals surface area (Å²) in [5, 5.41) is 11.0. The van der Waals surface area contributed by atoms with E-state index in [2.05, 4.69) is 4.98 Å². The highest BCUT2D eigenvalue weighted by Crippen LogP contribution is 2.39. The van der Waals surface area contributed by atoms with E-state index in [0.29, 0.717) is 36.6 Å². The molecule has 1 atom stereocenters. The zero-order chi connectivity index (χ0) is 21.0. The molecular formula is C22H25N3O4. The zero-order valence-electron chi connectivity index (χ0n) is 16.8. The molecule has 2 aromatic rings. The zero-order valence-corrected chi connectivity index (χ0v) is 16.8. The Labute approximate surface area is 170 Å². The molecule has 7 heteroatoms. The number of aromatic nitrogens is 1. The molecule has 0 radical (unpaired) electrons. The molecule has 29 heavy (non-hydrogen) atoms. The monoisotopic (exact) mass is 395 g/mol. The molecule has 7 nitrogen and oxygen atoms in total. The van der Waals surface area contributed by atoms with Crippen molar-refractivity contribution in [2.75, 3.05) is 33.8 Å². The summed E-state index contributed by atoms with van der Waals surface area (Å²) in [6.07, 6.45) is 3.24. The number of nitrogens with zero attached hydrogens (tertiary/aromatic N) is 3. The summed E-state index contributed by atoms with van der Waals surface area (Å²) in [7, 11) is 3.80. The molecule has 0 aliphatic carbocycles. The third-order valence-corrected chi connectivity index (χ3v) is 4.75. The second kappa shape index (κ2) is 8.87. The van der Waals surface area contributed by atoms with Crippen LogP contribution in [0.1, 0.15) is 24.1 Å². The Bertz CT molecular complexity index is 925. The average molecular weight is 395 g/mol. The van der Waals surface area contributed by atoms with Crippen molar-refractivity contribution in [1.82, 2.24) is 14.8 Å². The molecule has 0 bridgehead atoms. The van der Waals surface area contributed by atoms with E-state index < -0.39 is 17.7 Å². The molecule has 1 unspecified atom stereocenters. The molecule has 1 amide bonds. The fraction of sp³-hybridized carbons (Fsp3) is 0.318. The van der Waals surface area contributed by atoms with Crippen LogP contribution in [-0.2, 0) is 9.59 Å². The molecule has 1 aliphatic rings. The molecule has 1 aromatic carbocycles. The largest absolute Gasteiger partial charge is 0.507 e. The molecule has 152 valence electrons. The van der Waals surface area contributed by atoms with E-state index in [1.807, 2.05) is 25.9 Å². The fourth-order valence-corrected chi connectivity index (χ4v) is 3.36. The number of pyridine rings is 1. The third-order valence-electron chi connectivity index (χ3n) is 4.75. The first-order chi connectivity index (χ1) is 13.9. The maximum Gasteiger partial charge on any atom is 0.295 e. The van der Waals surface area contributed by atoms with Gasteiger partial charge in [0.25, 0.3) is 11.7 Å². The molecule has 1 saturated heterocycles. The Balaban J connectivity index is 2.11. The lowest BCUT2D eigenvalue weighted by atomic mass is 9.96. The number of likely N-dealkylation sites (tertiary alicyclic amines) is 1. The molecule has 2 heterocycles. The van der Waals surface area contributed by atoms with Crippen LogP contribution in [0.25, 0.3) is 5.76 Å². The van der Waals surface area contributed by atoms with Crippen molar-refractivity contribution < 1.29 is 19.4 Å². The average Bonchev–Trinajstić information content (AvgIpc) is 2.97. The summed E-state index contributed by atoms with van der Waals surface area (Å²) in [5.74, 6) is -0.956. The summed E-state index contributed by atoms with van der Waals surface area (Å²) in [6, 6.07) is 9.71. The van der Waals surface area contributed by atoms with Crippen LogP contribution in [0.2, 0.25) is 0 Å². The molecule has 1 N–H and O–H groups in total. The van der Waals surface area contributed by atoms with Crippen molar-refractivity contribution in [2.45, 2.75) is 13.0 Å². The van der Waals surface area contributed by atoms with Crippen LogP contribution >= 0.6 is 0 Å². The van der Waals surface area contributed by atoms with Crippen molar-refractivity contribution in [3.63, 3.8) is 0 Å². The minimum Gasteiger partial charge on any atom is -0.507 e. The van der Waals surface area contributed by atoms with Crippen molar-refractivity contribution >= 4 is 17.4 Å². The number of hydrogen-bond donors (Lipinski definition) is 1. The van der Waals surface area contributed by atoms with Gasteiger partial charge in [0.15, 0.2) is 0 Å². The second-order valence-corrected chi connectivity index (χ2v) is 7.04.